The van der Waals surface area contributed by atoms with E-state index in [1.165, 1.54) is 5.56 Å². The number of hydrogen-bond acceptors (Lipinski definition) is 5. The van der Waals surface area contributed by atoms with Crippen molar-refractivity contribution in [2.45, 2.75) is 13.5 Å². The number of aromatic nitrogens is 1. The van der Waals surface area contributed by atoms with Crippen LogP contribution in [0.15, 0.2) is 47.8 Å². The lowest BCUT2D eigenvalue weighted by Crippen LogP contribution is -2.30. The molecule has 0 radical (unpaired) electrons. The summed E-state index contributed by atoms with van der Waals surface area (Å²) in [7, 11) is 3.44. The van der Waals surface area contributed by atoms with E-state index in [9.17, 15) is 4.79 Å². The Morgan fingerprint density at radius 3 is 2.71 bits per heavy atom. The Balaban J connectivity index is 1.58. The minimum absolute atomic E-state index is 0.142. The van der Waals surface area contributed by atoms with Gasteiger partial charge >= 0.3 is 0 Å². The first-order valence-corrected chi connectivity index (χ1v) is 10.0. The molecule has 1 N–H and O–H groups in total. The molecule has 0 spiro atoms. The zero-order chi connectivity index (χ0) is 20.1. The fraction of sp³-hybridized carbons (Fsp3) is 0.238. The minimum atomic E-state index is -0.142. The van der Waals surface area contributed by atoms with Gasteiger partial charge < -0.3 is 10.1 Å². The molecule has 2 aromatic carbocycles. The van der Waals surface area contributed by atoms with Crippen molar-refractivity contribution in [3.8, 4) is 16.3 Å². The van der Waals surface area contributed by atoms with E-state index >= 15 is 0 Å². The molecule has 5 nitrogen and oxygen atoms in total. The van der Waals surface area contributed by atoms with E-state index in [1.807, 2.05) is 17.3 Å². The van der Waals surface area contributed by atoms with Gasteiger partial charge in [-0.2, -0.15) is 0 Å². The van der Waals surface area contributed by atoms with E-state index in [-0.39, 0.29) is 12.5 Å². The SMILES string of the molecule is COc1ccc(Cl)cc1NC(=O)CN(C)Cc1csc(-c2ccc(C)cc2)n1. The zero-order valence-corrected chi connectivity index (χ0v) is 17.6. The molecular weight excluding hydrogens is 394 g/mol. The molecule has 0 fully saturated rings. The predicted molar refractivity (Wildman–Crippen MR) is 115 cm³/mol. The van der Waals surface area contributed by atoms with Crippen molar-refractivity contribution < 1.29 is 9.53 Å². The number of methoxy groups -OCH3 is 1. The highest BCUT2D eigenvalue weighted by Crippen LogP contribution is 2.28. The third-order valence-electron chi connectivity index (χ3n) is 4.13. The van der Waals surface area contributed by atoms with Crippen LogP contribution in [0.1, 0.15) is 11.3 Å². The van der Waals surface area contributed by atoms with Crippen molar-refractivity contribution >= 4 is 34.5 Å². The van der Waals surface area contributed by atoms with E-state index in [4.69, 9.17) is 16.3 Å². The standard InChI is InChI=1S/C21H22ClN3O2S/c1-14-4-6-15(7-5-14)21-23-17(13-28-21)11-25(2)12-20(26)24-18-10-16(22)8-9-19(18)27-3/h4-10,13H,11-12H2,1-3H3,(H,24,26). The quantitative estimate of drug-likeness (QED) is 0.599. The topological polar surface area (TPSA) is 54.5 Å². The number of carbonyl (C=O) groups is 1. The van der Waals surface area contributed by atoms with Gasteiger partial charge in [0.2, 0.25) is 5.91 Å². The molecule has 3 rings (SSSR count). The summed E-state index contributed by atoms with van der Waals surface area (Å²) in [5.41, 5.74) is 3.83. The Morgan fingerprint density at radius 2 is 2.00 bits per heavy atom. The fourth-order valence-electron chi connectivity index (χ4n) is 2.75. The second-order valence-electron chi connectivity index (χ2n) is 6.58. The van der Waals surface area contributed by atoms with Gasteiger partial charge in [0, 0.05) is 22.5 Å². The smallest absolute Gasteiger partial charge is 0.238 e. The average Bonchev–Trinajstić information content (AvgIpc) is 3.10. The van der Waals surface area contributed by atoms with Crippen LogP contribution < -0.4 is 10.1 Å². The van der Waals surface area contributed by atoms with Gasteiger partial charge in [-0.3, -0.25) is 9.69 Å². The third kappa shape index (κ3) is 5.32. The normalized spacial score (nSPS) is 10.9. The lowest BCUT2D eigenvalue weighted by molar-refractivity contribution is -0.117. The summed E-state index contributed by atoms with van der Waals surface area (Å²) in [4.78, 5) is 19.0. The zero-order valence-electron chi connectivity index (χ0n) is 16.0. The van der Waals surface area contributed by atoms with Crippen molar-refractivity contribution in [2.24, 2.45) is 0 Å². The summed E-state index contributed by atoms with van der Waals surface area (Å²) >= 11 is 7.62. The Bertz CT molecular complexity index is 957. The molecule has 3 aromatic rings. The Labute approximate surface area is 173 Å². The number of carbonyl (C=O) groups excluding carboxylic acids is 1. The monoisotopic (exact) mass is 415 g/mol. The van der Waals surface area contributed by atoms with Crippen molar-refractivity contribution in [3.05, 3.63) is 64.1 Å². The molecule has 1 amide bonds. The van der Waals surface area contributed by atoms with E-state index in [0.29, 0.717) is 23.0 Å². The number of amides is 1. The predicted octanol–water partition coefficient (Wildman–Crippen LogP) is 4.85. The number of hydrogen-bond donors (Lipinski definition) is 1. The van der Waals surface area contributed by atoms with Gasteiger partial charge in [0.05, 0.1) is 25.0 Å². The van der Waals surface area contributed by atoms with Gasteiger partial charge in [0.15, 0.2) is 0 Å². The van der Waals surface area contributed by atoms with Crippen LogP contribution in [0.4, 0.5) is 5.69 Å². The molecule has 0 bridgehead atoms. The van der Waals surface area contributed by atoms with E-state index in [0.717, 1.165) is 16.3 Å². The van der Waals surface area contributed by atoms with Crippen LogP contribution in [0.5, 0.6) is 5.75 Å². The number of benzene rings is 2. The van der Waals surface area contributed by atoms with Gasteiger partial charge in [-0.1, -0.05) is 41.4 Å². The number of nitrogens with one attached hydrogen (secondary N) is 1. The maximum absolute atomic E-state index is 12.4. The van der Waals surface area contributed by atoms with E-state index in [1.54, 1.807) is 36.6 Å². The molecule has 0 aliphatic heterocycles. The highest BCUT2D eigenvalue weighted by Gasteiger charge is 2.13. The largest absolute Gasteiger partial charge is 0.495 e. The number of halogens is 1. The van der Waals surface area contributed by atoms with Gasteiger partial charge in [0.1, 0.15) is 10.8 Å². The number of aryl methyl sites for hydroxylation is 1. The molecule has 0 saturated carbocycles. The van der Waals surface area contributed by atoms with Gasteiger partial charge in [-0.25, -0.2) is 4.98 Å². The van der Waals surface area contributed by atoms with Crippen LogP contribution in [0, 0.1) is 6.92 Å². The van der Waals surface area contributed by atoms with Crippen molar-refractivity contribution in [2.75, 3.05) is 26.0 Å². The number of ether oxygens (including phenoxy) is 1. The molecule has 1 heterocycles. The molecule has 28 heavy (non-hydrogen) atoms. The first-order valence-electron chi connectivity index (χ1n) is 8.78. The summed E-state index contributed by atoms with van der Waals surface area (Å²) < 4.78 is 5.26. The number of nitrogens with zero attached hydrogens (tertiary/aromatic N) is 2. The van der Waals surface area contributed by atoms with Gasteiger partial charge in [-0.15, -0.1) is 11.3 Å². The van der Waals surface area contributed by atoms with Crippen LogP contribution in [-0.2, 0) is 11.3 Å². The van der Waals surface area contributed by atoms with E-state index in [2.05, 4.69) is 41.5 Å². The minimum Gasteiger partial charge on any atom is -0.495 e. The second-order valence-corrected chi connectivity index (χ2v) is 7.87. The Hall–Kier alpha value is -2.41. The molecule has 0 aliphatic carbocycles. The Kier molecular flexibility index (Phi) is 6.67. The van der Waals surface area contributed by atoms with Gasteiger partial charge in [0.25, 0.3) is 0 Å². The molecule has 1 aromatic heterocycles. The van der Waals surface area contributed by atoms with Crippen LogP contribution in [0.2, 0.25) is 5.02 Å². The average molecular weight is 416 g/mol. The summed E-state index contributed by atoms with van der Waals surface area (Å²) in [6, 6.07) is 13.4. The summed E-state index contributed by atoms with van der Waals surface area (Å²) in [5.74, 6) is 0.430. The van der Waals surface area contributed by atoms with Crippen molar-refractivity contribution in [3.63, 3.8) is 0 Å². The molecule has 146 valence electrons. The lowest BCUT2D eigenvalue weighted by atomic mass is 10.2. The maximum atomic E-state index is 12.4. The maximum Gasteiger partial charge on any atom is 0.238 e. The first-order chi connectivity index (χ1) is 13.4. The van der Waals surface area contributed by atoms with E-state index < -0.39 is 0 Å². The lowest BCUT2D eigenvalue weighted by Gasteiger charge is -2.16. The summed E-state index contributed by atoms with van der Waals surface area (Å²) in [6.07, 6.45) is 0. The Morgan fingerprint density at radius 1 is 1.25 bits per heavy atom. The van der Waals surface area contributed by atoms with Crippen LogP contribution in [0.25, 0.3) is 10.6 Å². The second kappa shape index (κ2) is 9.19. The molecule has 0 atom stereocenters. The number of rotatable bonds is 7. The summed E-state index contributed by atoms with van der Waals surface area (Å²) in [6.45, 7) is 2.88. The van der Waals surface area contributed by atoms with Crippen molar-refractivity contribution in [1.29, 1.82) is 0 Å². The number of thiazole rings is 1. The highest BCUT2D eigenvalue weighted by molar-refractivity contribution is 7.13. The summed E-state index contributed by atoms with van der Waals surface area (Å²) in [5, 5.41) is 6.40. The first kappa shape index (κ1) is 20.3. The van der Waals surface area contributed by atoms with Gasteiger partial charge in [-0.05, 0) is 32.2 Å². The van der Waals surface area contributed by atoms with Crippen LogP contribution in [-0.4, -0.2) is 36.5 Å². The number of anilines is 1. The molecule has 0 saturated heterocycles. The number of likely N-dealkylation sites (N-methyl/N-ethyl adjacent to an activating group) is 1. The molecule has 0 unspecified atom stereocenters. The fourth-order valence-corrected chi connectivity index (χ4v) is 3.74. The third-order valence-corrected chi connectivity index (χ3v) is 5.31. The van der Waals surface area contributed by atoms with Crippen LogP contribution in [0.3, 0.4) is 0 Å². The van der Waals surface area contributed by atoms with Crippen molar-refractivity contribution in [1.82, 2.24) is 9.88 Å². The highest BCUT2D eigenvalue weighted by atomic mass is 35.5. The molecule has 7 heteroatoms. The molecular formula is C21H22ClN3O2S. The van der Waals surface area contributed by atoms with Crippen LogP contribution >= 0.6 is 22.9 Å². The molecule has 0 aliphatic rings.